The lowest BCUT2D eigenvalue weighted by Crippen LogP contribution is -2.04. The van der Waals surface area contributed by atoms with Gasteiger partial charge < -0.3 is 4.57 Å². The van der Waals surface area contributed by atoms with Crippen LogP contribution in [0.1, 0.15) is 17.0 Å². The van der Waals surface area contributed by atoms with Crippen molar-refractivity contribution in [1.29, 1.82) is 0 Å². The van der Waals surface area contributed by atoms with Crippen LogP contribution in [0.25, 0.3) is 0 Å². The first-order chi connectivity index (χ1) is 12.2. The number of rotatable bonds is 7. The van der Waals surface area contributed by atoms with Gasteiger partial charge in [-0.2, -0.15) is 0 Å². The number of halogens is 2. The molecule has 0 amide bonds. The molecule has 1 heterocycles. The molecular weight excluding hydrogens is 373 g/mol. The molecule has 0 saturated heterocycles. The monoisotopic (exact) mass is 389 g/mol. The summed E-state index contributed by atoms with van der Waals surface area (Å²) in [6.07, 6.45) is 2.55. The summed E-state index contributed by atoms with van der Waals surface area (Å²) in [5.41, 5.74) is 2.23. The van der Waals surface area contributed by atoms with Gasteiger partial charge in [0, 0.05) is 28.8 Å². The maximum Gasteiger partial charge on any atom is 0.191 e. The highest BCUT2D eigenvalue weighted by molar-refractivity contribution is 7.98. The molecule has 0 N–H and O–H groups in total. The van der Waals surface area contributed by atoms with Crippen LogP contribution >= 0.6 is 35.0 Å². The average Bonchev–Trinajstić information content (AvgIpc) is 2.98. The number of nitrogens with zero attached hydrogens (tertiary/aromatic N) is 3. The molecule has 1 aromatic heterocycles. The molecule has 0 aliphatic carbocycles. The topological polar surface area (TPSA) is 30.7 Å². The van der Waals surface area contributed by atoms with E-state index in [9.17, 15) is 0 Å². The minimum atomic E-state index is 0.667. The molecule has 0 atom stereocenters. The van der Waals surface area contributed by atoms with Crippen LogP contribution in [0.15, 0.2) is 66.3 Å². The molecule has 2 aromatic carbocycles. The lowest BCUT2D eigenvalue weighted by molar-refractivity contribution is 0.690. The summed E-state index contributed by atoms with van der Waals surface area (Å²) in [6.45, 7) is 4.51. The Morgan fingerprint density at radius 3 is 2.52 bits per heavy atom. The van der Waals surface area contributed by atoms with E-state index < -0.39 is 0 Å². The van der Waals surface area contributed by atoms with Gasteiger partial charge in [0.2, 0.25) is 0 Å². The summed E-state index contributed by atoms with van der Waals surface area (Å²) in [5.74, 6) is 1.65. The first-order valence-electron chi connectivity index (χ1n) is 7.81. The summed E-state index contributed by atoms with van der Waals surface area (Å²) in [6, 6.07) is 15.6. The molecule has 6 heteroatoms. The molecule has 25 heavy (non-hydrogen) atoms. The second-order valence-corrected chi connectivity index (χ2v) is 7.27. The summed E-state index contributed by atoms with van der Waals surface area (Å²) < 4.78 is 2.09. The Morgan fingerprint density at radius 1 is 1.04 bits per heavy atom. The maximum absolute atomic E-state index is 6.23. The van der Waals surface area contributed by atoms with Gasteiger partial charge in [-0.1, -0.05) is 71.4 Å². The third-order valence-electron chi connectivity index (χ3n) is 3.70. The Labute approximate surface area is 161 Å². The van der Waals surface area contributed by atoms with Crippen molar-refractivity contribution in [3.63, 3.8) is 0 Å². The predicted molar refractivity (Wildman–Crippen MR) is 105 cm³/mol. The van der Waals surface area contributed by atoms with Gasteiger partial charge >= 0.3 is 0 Å². The maximum atomic E-state index is 6.23. The number of hydrogen-bond acceptors (Lipinski definition) is 3. The van der Waals surface area contributed by atoms with Crippen LogP contribution < -0.4 is 0 Å². The Hall–Kier alpha value is -1.75. The SMILES string of the molecule is C=CCn1c(Cc2ccc(Cl)cc2)nnc1SCc1ccccc1Cl. The normalized spacial score (nSPS) is 10.8. The van der Waals surface area contributed by atoms with E-state index >= 15 is 0 Å². The van der Waals surface area contributed by atoms with Crippen LogP contribution in [0.4, 0.5) is 0 Å². The van der Waals surface area contributed by atoms with Gasteiger partial charge in [0.05, 0.1) is 0 Å². The summed E-state index contributed by atoms with van der Waals surface area (Å²) in [4.78, 5) is 0. The molecule has 0 aliphatic heterocycles. The second-order valence-electron chi connectivity index (χ2n) is 5.48. The van der Waals surface area contributed by atoms with E-state index in [-0.39, 0.29) is 0 Å². The van der Waals surface area contributed by atoms with E-state index in [1.54, 1.807) is 11.8 Å². The highest BCUT2D eigenvalue weighted by Gasteiger charge is 2.13. The Kier molecular flexibility index (Phi) is 6.19. The first-order valence-corrected chi connectivity index (χ1v) is 9.55. The highest BCUT2D eigenvalue weighted by Crippen LogP contribution is 2.26. The van der Waals surface area contributed by atoms with Crippen molar-refractivity contribution in [2.75, 3.05) is 0 Å². The summed E-state index contributed by atoms with van der Waals surface area (Å²) in [7, 11) is 0. The zero-order valence-corrected chi connectivity index (χ0v) is 15.9. The van der Waals surface area contributed by atoms with Crippen molar-refractivity contribution in [1.82, 2.24) is 14.8 Å². The van der Waals surface area contributed by atoms with Crippen molar-refractivity contribution < 1.29 is 0 Å². The van der Waals surface area contributed by atoms with Gasteiger partial charge in [-0.05, 0) is 29.3 Å². The molecule has 128 valence electrons. The van der Waals surface area contributed by atoms with Crippen molar-refractivity contribution in [2.24, 2.45) is 0 Å². The van der Waals surface area contributed by atoms with Crippen molar-refractivity contribution in [2.45, 2.75) is 23.9 Å². The highest BCUT2D eigenvalue weighted by atomic mass is 35.5. The zero-order valence-electron chi connectivity index (χ0n) is 13.5. The number of allylic oxidation sites excluding steroid dienone is 1. The van der Waals surface area contributed by atoms with Gasteiger partial charge in [-0.3, -0.25) is 0 Å². The number of benzene rings is 2. The number of hydrogen-bond donors (Lipinski definition) is 0. The molecular formula is C19H17Cl2N3S. The van der Waals surface area contributed by atoms with Crippen LogP contribution in [-0.4, -0.2) is 14.8 Å². The smallest absolute Gasteiger partial charge is 0.191 e. The van der Waals surface area contributed by atoms with E-state index in [0.717, 1.165) is 37.9 Å². The van der Waals surface area contributed by atoms with Crippen LogP contribution in [0, 0.1) is 0 Å². The molecule has 0 fully saturated rings. The van der Waals surface area contributed by atoms with Crippen molar-refractivity contribution >= 4 is 35.0 Å². The minimum Gasteiger partial charge on any atom is -0.302 e. The fourth-order valence-electron chi connectivity index (χ4n) is 2.41. The standard InChI is InChI=1S/C19H17Cl2N3S/c1-2-11-24-18(12-14-7-9-16(20)10-8-14)22-23-19(24)25-13-15-5-3-4-6-17(15)21/h2-10H,1,11-13H2. The van der Waals surface area contributed by atoms with E-state index in [0.29, 0.717) is 13.0 Å². The lowest BCUT2D eigenvalue weighted by atomic mass is 10.1. The molecule has 0 unspecified atom stereocenters. The fraction of sp³-hybridized carbons (Fsp3) is 0.158. The molecule has 0 aliphatic rings. The Balaban J connectivity index is 1.78. The fourth-order valence-corrected chi connectivity index (χ4v) is 3.79. The van der Waals surface area contributed by atoms with Crippen LogP contribution in [0.2, 0.25) is 10.0 Å². The van der Waals surface area contributed by atoms with Crippen molar-refractivity contribution in [3.05, 3.63) is 88.2 Å². The molecule has 0 bridgehead atoms. The van der Waals surface area contributed by atoms with Crippen molar-refractivity contribution in [3.8, 4) is 0 Å². The average molecular weight is 390 g/mol. The van der Waals surface area contributed by atoms with Crippen LogP contribution in [0.5, 0.6) is 0 Å². The molecule has 3 rings (SSSR count). The van der Waals surface area contributed by atoms with Crippen LogP contribution in [-0.2, 0) is 18.7 Å². The van der Waals surface area contributed by atoms with Crippen LogP contribution in [0.3, 0.4) is 0 Å². The summed E-state index contributed by atoms with van der Waals surface area (Å²) in [5, 5.41) is 11.1. The van der Waals surface area contributed by atoms with Gasteiger partial charge in [-0.25, -0.2) is 0 Å². The van der Waals surface area contributed by atoms with Gasteiger partial charge in [-0.15, -0.1) is 16.8 Å². The number of thioether (sulfide) groups is 1. The minimum absolute atomic E-state index is 0.667. The van der Waals surface area contributed by atoms with Gasteiger partial charge in [0.25, 0.3) is 0 Å². The molecule has 0 spiro atoms. The third-order valence-corrected chi connectivity index (χ3v) is 5.33. The Bertz CT molecular complexity index is 859. The quantitative estimate of drug-likeness (QED) is 0.386. The van der Waals surface area contributed by atoms with E-state index in [4.69, 9.17) is 23.2 Å². The molecule has 0 saturated carbocycles. The third kappa shape index (κ3) is 4.66. The van der Waals surface area contributed by atoms with E-state index in [1.807, 2.05) is 54.6 Å². The summed E-state index contributed by atoms with van der Waals surface area (Å²) >= 11 is 13.8. The van der Waals surface area contributed by atoms with E-state index in [2.05, 4.69) is 21.3 Å². The Morgan fingerprint density at radius 2 is 1.80 bits per heavy atom. The molecule has 3 nitrogen and oxygen atoms in total. The van der Waals surface area contributed by atoms with Gasteiger partial charge in [0.15, 0.2) is 5.16 Å². The lowest BCUT2D eigenvalue weighted by Gasteiger charge is -2.08. The first kappa shape index (κ1) is 18.1. The predicted octanol–water partition coefficient (Wildman–Crippen LogP) is 5.65. The second kappa shape index (κ2) is 8.56. The van der Waals surface area contributed by atoms with E-state index in [1.165, 1.54) is 0 Å². The number of aromatic nitrogens is 3. The molecule has 3 aromatic rings. The van der Waals surface area contributed by atoms with Gasteiger partial charge in [0.1, 0.15) is 5.82 Å². The zero-order chi connectivity index (χ0) is 17.6. The largest absolute Gasteiger partial charge is 0.302 e. The molecule has 0 radical (unpaired) electrons.